The van der Waals surface area contributed by atoms with Crippen molar-refractivity contribution in [1.82, 2.24) is 5.32 Å². The predicted molar refractivity (Wildman–Crippen MR) is 81.5 cm³/mol. The molecule has 2 unspecified atom stereocenters. The Morgan fingerprint density at radius 1 is 1.42 bits per heavy atom. The van der Waals surface area contributed by atoms with Crippen LogP contribution in [-0.4, -0.2) is 40.3 Å². The second-order valence-corrected chi connectivity index (χ2v) is 7.90. The third-order valence-corrected chi connectivity index (χ3v) is 6.84. The SMILES string of the molecule is CNCCC1C(C)N(C)c2c(Br)cccc2S1(=O)=O. The molecule has 1 aromatic rings. The normalized spacial score (nSPS) is 25.2. The van der Waals surface area contributed by atoms with Gasteiger partial charge in [-0.2, -0.15) is 0 Å². The lowest BCUT2D eigenvalue weighted by Gasteiger charge is -2.39. The number of hydrogen-bond donors (Lipinski definition) is 1. The van der Waals surface area contributed by atoms with E-state index in [9.17, 15) is 8.42 Å². The van der Waals surface area contributed by atoms with Crippen molar-refractivity contribution in [2.45, 2.75) is 29.5 Å². The number of rotatable bonds is 3. The molecule has 0 spiro atoms. The van der Waals surface area contributed by atoms with Crippen LogP contribution in [0.4, 0.5) is 5.69 Å². The number of benzene rings is 1. The molecule has 1 aliphatic heterocycles. The Morgan fingerprint density at radius 2 is 2.11 bits per heavy atom. The van der Waals surface area contributed by atoms with E-state index in [1.807, 2.05) is 27.1 Å². The molecule has 0 saturated carbocycles. The highest BCUT2D eigenvalue weighted by Gasteiger charge is 2.41. The molecule has 19 heavy (non-hydrogen) atoms. The van der Waals surface area contributed by atoms with Crippen molar-refractivity contribution in [3.8, 4) is 0 Å². The van der Waals surface area contributed by atoms with Crippen LogP contribution in [0, 0.1) is 0 Å². The second-order valence-electron chi connectivity index (χ2n) is 4.91. The summed E-state index contributed by atoms with van der Waals surface area (Å²) in [6, 6.07) is 5.32. The zero-order chi connectivity index (χ0) is 14.2. The van der Waals surface area contributed by atoms with Crippen LogP contribution in [0.5, 0.6) is 0 Å². The van der Waals surface area contributed by atoms with Crippen LogP contribution in [-0.2, 0) is 9.84 Å². The van der Waals surface area contributed by atoms with Crippen molar-refractivity contribution in [2.75, 3.05) is 25.5 Å². The molecule has 0 bridgehead atoms. The lowest BCUT2D eigenvalue weighted by Crippen LogP contribution is -2.49. The molecule has 106 valence electrons. The molecule has 0 aromatic heterocycles. The molecule has 0 saturated heterocycles. The van der Waals surface area contributed by atoms with Crippen LogP contribution in [0.1, 0.15) is 13.3 Å². The molecular weight excluding hydrogens is 328 g/mol. The van der Waals surface area contributed by atoms with Crippen LogP contribution in [0.15, 0.2) is 27.6 Å². The van der Waals surface area contributed by atoms with E-state index in [0.29, 0.717) is 17.9 Å². The van der Waals surface area contributed by atoms with Gasteiger partial charge in [-0.25, -0.2) is 8.42 Å². The number of nitrogens with zero attached hydrogens (tertiary/aromatic N) is 1. The highest BCUT2D eigenvalue weighted by molar-refractivity contribution is 9.10. The first-order valence-electron chi connectivity index (χ1n) is 6.31. The van der Waals surface area contributed by atoms with Gasteiger partial charge in [-0.05, 0) is 55.0 Å². The summed E-state index contributed by atoms with van der Waals surface area (Å²) in [7, 11) is 0.524. The first kappa shape index (κ1) is 14.8. The van der Waals surface area contributed by atoms with Gasteiger partial charge in [0.1, 0.15) is 0 Å². The van der Waals surface area contributed by atoms with Gasteiger partial charge in [0.2, 0.25) is 0 Å². The van der Waals surface area contributed by atoms with Crippen LogP contribution in [0.25, 0.3) is 0 Å². The number of fused-ring (bicyclic) bond motifs is 1. The molecule has 1 aromatic carbocycles. The summed E-state index contributed by atoms with van der Waals surface area (Å²) in [6.45, 7) is 2.67. The Hall–Kier alpha value is -0.590. The summed E-state index contributed by atoms with van der Waals surface area (Å²) in [5.74, 6) is 0. The average molecular weight is 347 g/mol. The fourth-order valence-electron chi connectivity index (χ4n) is 2.63. The number of halogens is 1. The summed E-state index contributed by atoms with van der Waals surface area (Å²) in [4.78, 5) is 2.49. The maximum Gasteiger partial charge on any atom is 0.185 e. The van der Waals surface area contributed by atoms with Crippen LogP contribution >= 0.6 is 15.9 Å². The van der Waals surface area contributed by atoms with Crippen molar-refractivity contribution in [1.29, 1.82) is 0 Å². The third kappa shape index (κ3) is 2.41. The van der Waals surface area contributed by atoms with E-state index in [-0.39, 0.29) is 11.3 Å². The molecule has 4 nitrogen and oxygen atoms in total. The maximum atomic E-state index is 12.7. The number of hydrogen-bond acceptors (Lipinski definition) is 4. The summed E-state index contributed by atoms with van der Waals surface area (Å²) in [6.07, 6.45) is 0.621. The van der Waals surface area contributed by atoms with Crippen molar-refractivity contribution < 1.29 is 8.42 Å². The van der Waals surface area contributed by atoms with E-state index in [4.69, 9.17) is 0 Å². The number of anilines is 1. The summed E-state index contributed by atoms with van der Waals surface area (Å²) < 4.78 is 26.3. The smallest absolute Gasteiger partial charge is 0.185 e. The summed E-state index contributed by atoms with van der Waals surface area (Å²) >= 11 is 3.46. The van der Waals surface area contributed by atoms with Gasteiger partial charge in [0, 0.05) is 17.6 Å². The molecule has 0 amide bonds. The minimum absolute atomic E-state index is 0.0375. The van der Waals surface area contributed by atoms with Gasteiger partial charge in [-0.15, -0.1) is 0 Å². The van der Waals surface area contributed by atoms with Crippen molar-refractivity contribution in [3.63, 3.8) is 0 Å². The second kappa shape index (κ2) is 5.42. The van der Waals surface area contributed by atoms with Crippen LogP contribution in [0.2, 0.25) is 0 Å². The quantitative estimate of drug-likeness (QED) is 0.909. The Labute approximate surface area is 123 Å². The zero-order valence-corrected chi connectivity index (χ0v) is 13.8. The van der Waals surface area contributed by atoms with Crippen molar-refractivity contribution in [2.24, 2.45) is 0 Å². The number of nitrogens with one attached hydrogen (secondary N) is 1. The fourth-order valence-corrected chi connectivity index (χ4v) is 5.65. The zero-order valence-electron chi connectivity index (χ0n) is 11.4. The average Bonchev–Trinajstić information content (AvgIpc) is 2.36. The molecule has 0 fully saturated rings. The lowest BCUT2D eigenvalue weighted by molar-refractivity contribution is 0.515. The number of sulfone groups is 1. The van der Waals surface area contributed by atoms with E-state index in [1.54, 1.807) is 12.1 Å². The van der Waals surface area contributed by atoms with Gasteiger partial charge in [-0.1, -0.05) is 6.07 Å². The highest BCUT2D eigenvalue weighted by Crippen LogP contribution is 2.41. The molecule has 6 heteroatoms. The predicted octanol–water partition coefficient (Wildman–Crippen LogP) is 2.04. The Bertz CT molecular complexity index is 574. The lowest BCUT2D eigenvalue weighted by atomic mass is 10.1. The maximum absolute atomic E-state index is 12.7. The summed E-state index contributed by atoms with van der Waals surface area (Å²) in [5.41, 5.74) is 0.774. The molecule has 1 heterocycles. The minimum Gasteiger partial charge on any atom is -0.369 e. The highest BCUT2D eigenvalue weighted by atomic mass is 79.9. The Morgan fingerprint density at radius 3 is 2.74 bits per heavy atom. The molecule has 0 radical (unpaired) electrons. The topological polar surface area (TPSA) is 49.4 Å². The molecule has 1 aliphatic rings. The first-order valence-corrected chi connectivity index (χ1v) is 8.65. The van der Waals surface area contributed by atoms with Gasteiger partial charge in [0.25, 0.3) is 0 Å². The molecule has 1 N–H and O–H groups in total. The molecule has 0 aliphatic carbocycles. The van der Waals surface area contributed by atoms with Crippen molar-refractivity contribution in [3.05, 3.63) is 22.7 Å². The first-order chi connectivity index (χ1) is 8.91. The van der Waals surface area contributed by atoms with Gasteiger partial charge < -0.3 is 10.2 Å². The third-order valence-electron chi connectivity index (χ3n) is 3.84. The standard InChI is InChI=1S/C13H19BrN2O2S/c1-9-11(7-8-15-2)19(17,18)12-6-4-5-10(14)13(12)16(9)3/h4-6,9,11,15H,7-8H2,1-3H3. The summed E-state index contributed by atoms with van der Waals surface area (Å²) in [5, 5.41) is 2.66. The van der Waals surface area contributed by atoms with Gasteiger partial charge >= 0.3 is 0 Å². The van der Waals surface area contributed by atoms with Crippen LogP contribution < -0.4 is 10.2 Å². The molecule has 2 atom stereocenters. The largest absolute Gasteiger partial charge is 0.369 e. The monoisotopic (exact) mass is 346 g/mol. The Kier molecular flexibility index (Phi) is 4.23. The van der Waals surface area contributed by atoms with E-state index < -0.39 is 9.84 Å². The van der Waals surface area contributed by atoms with Gasteiger partial charge in [0.15, 0.2) is 9.84 Å². The van der Waals surface area contributed by atoms with E-state index in [2.05, 4.69) is 26.1 Å². The Balaban J connectivity index is 2.56. The van der Waals surface area contributed by atoms with E-state index >= 15 is 0 Å². The van der Waals surface area contributed by atoms with Crippen LogP contribution in [0.3, 0.4) is 0 Å². The minimum atomic E-state index is -3.27. The van der Waals surface area contributed by atoms with E-state index in [1.165, 1.54) is 0 Å². The number of para-hydroxylation sites is 1. The van der Waals surface area contributed by atoms with Gasteiger partial charge in [-0.3, -0.25) is 0 Å². The fraction of sp³-hybridized carbons (Fsp3) is 0.538. The molecular formula is C13H19BrN2O2S. The molecule has 2 rings (SSSR count). The van der Waals surface area contributed by atoms with Gasteiger partial charge in [0.05, 0.1) is 15.8 Å². The van der Waals surface area contributed by atoms with Crippen molar-refractivity contribution >= 4 is 31.5 Å². The van der Waals surface area contributed by atoms with E-state index in [0.717, 1.165) is 10.2 Å².